The molecule has 0 aliphatic carbocycles. The van der Waals surface area contributed by atoms with E-state index in [-0.39, 0.29) is 35.3 Å². The van der Waals surface area contributed by atoms with Crippen LogP contribution in [0, 0.1) is 14.9 Å². The molecular formula is C18H20N6O5S3. The number of aromatic amines is 1. The van der Waals surface area contributed by atoms with Crippen molar-refractivity contribution in [3.8, 4) is 10.7 Å². The van der Waals surface area contributed by atoms with Crippen LogP contribution in [0.4, 0.5) is 11.4 Å². The number of nitro benzene ring substituents is 1. The second-order valence-corrected chi connectivity index (χ2v) is 10.2. The minimum atomic E-state index is -3.57. The van der Waals surface area contributed by atoms with Crippen LogP contribution in [0.2, 0.25) is 0 Å². The highest BCUT2D eigenvalue weighted by Gasteiger charge is 2.22. The number of carbonyl (C=O) groups excluding carboxylic acids is 1. The monoisotopic (exact) mass is 496 g/mol. The van der Waals surface area contributed by atoms with Gasteiger partial charge in [0.05, 0.1) is 14.7 Å². The standard InChI is InChI=1S/C18H20N6O5S3/c1-11(23-16(21-22-18(23)30)15-4-3-9-31-15)17(25)20-8-7-19-13-6-5-12(32(2,28)29)10-14(13)24(26)27/h3-6,9-11,19H,7-8H2,1-2H3,(H,20,25)(H,22,30). The lowest BCUT2D eigenvalue weighted by atomic mass is 10.2. The van der Waals surface area contributed by atoms with Crippen molar-refractivity contribution in [2.45, 2.75) is 17.9 Å². The smallest absolute Gasteiger partial charge is 0.293 e. The van der Waals surface area contributed by atoms with Crippen LogP contribution in [0.15, 0.2) is 40.6 Å². The molecule has 1 amide bonds. The van der Waals surface area contributed by atoms with E-state index in [2.05, 4.69) is 20.8 Å². The fourth-order valence-electron chi connectivity index (χ4n) is 2.93. The Balaban J connectivity index is 1.63. The van der Waals surface area contributed by atoms with Crippen LogP contribution in [-0.2, 0) is 14.6 Å². The Labute approximate surface area is 192 Å². The number of nitrogens with one attached hydrogen (secondary N) is 3. The van der Waals surface area contributed by atoms with Gasteiger partial charge in [-0.1, -0.05) is 6.07 Å². The molecule has 0 radical (unpaired) electrons. The summed E-state index contributed by atoms with van der Waals surface area (Å²) in [6, 6.07) is 6.74. The lowest BCUT2D eigenvalue weighted by molar-refractivity contribution is -0.384. The molecule has 3 rings (SSSR count). The van der Waals surface area contributed by atoms with Gasteiger partial charge >= 0.3 is 0 Å². The summed E-state index contributed by atoms with van der Waals surface area (Å²) in [5.41, 5.74) is -0.209. The van der Waals surface area contributed by atoms with Gasteiger partial charge in [-0.15, -0.1) is 11.3 Å². The number of amides is 1. The van der Waals surface area contributed by atoms with Crippen LogP contribution in [0.3, 0.4) is 0 Å². The summed E-state index contributed by atoms with van der Waals surface area (Å²) in [5, 5.41) is 25.7. The number of thiophene rings is 1. The van der Waals surface area contributed by atoms with Gasteiger partial charge in [-0.3, -0.25) is 24.6 Å². The molecule has 0 saturated heterocycles. The van der Waals surface area contributed by atoms with E-state index >= 15 is 0 Å². The van der Waals surface area contributed by atoms with E-state index in [9.17, 15) is 23.3 Å². The molecule has 3 aromatic rings. The van der Waals surface area contributed by atoms with Gasteiger partial charge < -0.3 is 10.6 Å². The third-order valence-corrected chi connectivity index (χ3v) is 6.81. The number of benzene rings is 1. The maximum absolute atomic E-state index is 12.6. The normalized spacial score (nSPS) is 12.3. The molecule has 11 nitrogen and oxygen atoms in total. The molecule has 0 aliphatic heterocycles. The van der Waals surface area contributed by atoms with E-state index < -0.39 is 20.8 Å². The molecule has 1 atom stereocenters. The number of rotatable bonds is 9. The van der Waals surface area contributed by atoms with Gasteiger partial charge in [-0.05, 0) is 42.7 Å². The molecule has 0 fully saturated rings. The predicted octanol–water partition coefficient (Wildman–Crippen LogP) is 2.77. The molecule has 0 saturated carbocycles. The van der Waals surface area contributed by atoms with Crippen LogP contribution in [0.25, 0.3) is 10.7 Å². The van der Waals surface area contributed by atoms with Gasteiger partial charge in [0.25, 0.3) is 5.69 Å². The second-order valence-electron chi connectivity index (χ2n) is 6.80. The highest BCUT2D eigenvalue weighted by molar-refractivity contribution is 7.90. The van der Waals surface area contributed by atoms with Crippen LogP contribution in [0.1, 0.15) is 13.0 Å². The summed E-state index contributed by atoms with van der Waals surface area (Å²) in [5.74, 6) is 0.261. The van der Waals surface area contributed by atoms with Crippen LogP contribution >= 0.6 is 23.6 Å². The molecule has 0 bridgehead atoms. The third-order valence-electron chi connectivity index (χ3n) is 4.55. The van der Waals surface area contributed by atoms with Crippen molar-refractivity contribution in [2.75, 3.05) is 24.7 Å². The summed E-state index contributed by atoms with van der Waals surface area (Å²) >= 11 is 6.74. The second kappa shape index (κ2) is 9.58. The van der Waals surface area contributed by atoms with E-state index in [4.69, 9.17) is 12.2 Å². The lowest BCUT2D eigenvalue weighted by Gasteiger charge is -2.15. The molecule has 2 heterocycles. The first kappa shape index (κ1) is 23.6. The Morgan fingerprint density at radius 3 is 2.75 bits per heavy atom. The summed E-state index contributed by atoms with van der Waals surface area (Å²) in [7, 11) is -3.57. The van der Waals surface area contributed by atoms with E-state index in [1.54, 1.807) is 11.5 Å². The van der Waals surface area contributed by atoms with Crippen molar-refractivity contribution in [1.29, 1.82) is 0 Å². The number of nitrogens with zero attached hydrogens (tertiary/aromatic N) is 3. The maximum atomic E-state index is 12.6. The Morgan fingerprint density at radius 1 is 1.38 bits per heavy atom. The lowest BCUT2D eigenvalue weighted by Crippen LogP contribution is -2.34. The Morgan fingerprint density at radius 2 is 2.12 bits per heavy atom. The Bertz CT molecular complexity index is 1300. The molecule has 1 unspecified atom stereocenters. The number of sulfone groups is 1. The Hall–Kier alpha value is -3.10. The summed E-state index contributed by atoms with van der Waals surface area (Å²) in [4.78, 5) is 24.0. The van der Waals surface area contributed by atoms with E-state index in [1.165, 1.54) is 23.5 Å². The van der Waals surface area contributed by atoms with Crippen molar-refractivity contribution >= 4 is 50.7 Å². The fraction of sp³-hybridized carbons (Fsp3) is 0.278. The van der Waals surface area contributed by atoms with Crippen molar-refractivity contribution < 1.29 is 18.1 Å². The average molecular weight is 497 g/mol. The van der Waals surface area contributed by atoms with Gasteiger partial charge in [-0.25, -0.2) is 8.42 Å². The summed E-state index contributed by atoms with van der Waals surface area (Å²) < 4.78 is 25.2. The van der Waals surface area contributed by atoms with Crippen molar-refractivity contribution in [1.82, 2.24) is 20.1 Å². The summed E-state index contributed by atoms with van der Waals surface area (Å²) in [6.07, 6.45) is 0.978. The number of H-pyrrole nitrogens is 1. The highest BCUT2D eigenvalue weighted by Crippen LogP contribution is 2.28. The zero-order valence-electron chi connectivity index (χ0n) is 17.1. The molecule has 0 spiro atoms. The van der Waals surface area contributed by atoms with Gasteiger partial charge in [-0.2, -0.15) is 5.10 Å². The van der Waals surface area contributed by atoms with Gasteiger partial charge in [0.15, 0.2) is 20.4 Å². The third kappa shape index (κ3) is 5.20. The van der Waals surface area contributed by atoms with Gasteiger partial charge in [0.2, 0.25) is 5.91 Å². The molecule has 14 heteroatoms. The number of aromatic nitrogens is 3. The van der Waals surface area contributed by atoms with E-state index in [0.717, 1.165) is 17.2 Å². The van der Waals surface area contributed by atoms with E-state index in [0.29, 0.717) is 10.6 Å². The topological polar surface area (TPSA) is 152 Å². The average Bonchev–Trinajstić information content (AvgIpc) is 3.39. The first-order chi connectivity index (χ1) is 15.1. The number of nitro groups is 1. The van der Waals surface area contributed by atoms with Crippen LogP contribution < -0.4 is 10.6 Å². The summed E-state index contributed by atoms with van der Waals surface area (Å²) in [6.45, 7) is 2.06. The minimum absolute atomic E-state index is 0.143. The first-order valence-corrected chi connectivity index (χ1v) is 12.5. The molecule has 32 heavy (non-hydrogen) atoms. The van der Waals surface area contributed by atoms with E-state index in [1.807, 2.05) is 17.5 Å². The largest absolute Gasteiger partial charge is 0.378 e. The van der Waals surface area contributed by atoms with Crippen LogP contribution in [0.5, 0.6) is 0 Å². The molecule has 1 aromatic carbocycles. The van der Waals surface area contributed by atoms with Gasteiger partial charge in [0, 0.05) is 25.4 Å². The van der Waals surface area contributed by atoms with Gasteiger partial charge in [0.1, 0.15) is 11.7 Å². The molecule has 3 N–H and O–H groups in total. The fourth-order valence-corrected chi connectivity index (χ4v) is 4.58. The van der Waals surface area contributed by atoms with Crippen molar-refractivity contribution in [2.24, 2.45) is 0 Å². The predicted molar refractivity (Wildman–Crippen MR) is 123 cm³/mol. The number of hydrogen-bond acceptors (Lipinski definition) is 9. The van der Waals surface area contributed by atoms with Crippen LogP contribution in [-0.4, -0.2) is 53.4 Å². The highest BCUT2D eigenvalue weighted by atomic mass is 32.2. The maximum Gasteiger partial charge on any atom is 0.293 e. The molecule has 2 aromatic heterocycles. The number of carbonyl (C=O) groups is 1. The molecule has 0 aliphatic rings. The SMILES string of the molecule is CC(C(=O)NCCNc1ccc(S(C)(=O)=O)cc1[N+](=O)[O-])n1c(-c2cccs2)n[nH]c1=S. The van der Waals surface area contributed by atoms with Crippen molar-refractivity contribution in [3.63, 3.8) is 0 Å². The zero-order valence-corrected chi connectivity index (χ0v) is 19.5. The minimum Gasteiger partial charge on any atom is -0.378 e. The molecule has 170 valence electrons. The zero-order chi connectivity index (χ0) is 23.5. The number of hydrogen-bond donors (Lipinski definition) is 3. The Kier molecular flexibility index (Phi) is 7.06. The van der Waals surface area contributed by atoms with Crippen molar-refractivity contribution in [3.05, 3.63) is 50.6 Å². The quantitative estimate of drug-likeness (QED) is 0.177. The first-order valence-electron chi connectivity index (χ1n) is 9.30. The number of anilines is 1. The molecular weight excluding hydrogens is 476 g/mol.